The van der Waals surface area contributed by atoms with Crippen LogP contribution in [0.5, 0.6) is 0 Å². The van der Waals surface area contributed by atoms with Crippen molar-refractivity contribution in [2.24, 2.45) is 0 Å². The van der Waals surface area contributed by atoms with Crippen LogP contribution in [0.3, 0.4) is 0 Å². The molecule has 0 saturated heterocycles. The predicted octanol–water partition coefficient (Wildman–Crippen LogP) is 3.64. The summed E-state index contributed by atoms with van der Waals surface area (Å²) in [5.41, 5.74) is 3.05. The molecule has 0 fully saturated rings. The average molecular weight is 392 g/mol. The van der Waals surface area contributed by atoms with E-state index in [1.807, 2.05) is 31.2 Å². The first-order chi connectivity index (χ1) is 13.8. The molecule has 1 heterocycles. The minimum absolute atomic E-state index is 0.0581. The van der Waals surface area contributed by atoms with Crippen LogP contribution in [0.2, 0.25) is 0 Å². The number of nitrogens with zero attached hydrogens (tertiary/aromatic N) is 3. The number of nitro benzene ring substituents is 1. The second-order valence-corrected chi connectivity index (χ2v) is 6.79. The van der Waals surface area contributed by atoms with E-state index in [1.54, 1.807) is 19.9 Å². The van der Waals surface area contributed by atoms with Crippen LogP contribution >= 0.6 is 0 Å². The van der Waals surface area contributed by atoms with Crippen molar-refractivity contribution >= 4 is 17.3 Å². The van der Waals surface area contributed by atoms with Crippen LogP contribution in [-0.4, -0.2) is 20.6 Å². The van der Waals surface area contributed by atoms with Crippen molar-refractivity contribution in [3.63, 3.8) is 0 Å². The van der Waals surface area contributed by atoms with E-state index in [0.717, 1.165) is 15.8 Å². The molecule has 29 heavy (non-hydrogen) atoms. The van der Waals surface area contributed by atoms with E-state index >= 15 is 0 Å². The summed E-state index contributed by atoms with van der Waals surface area (Å²) in [4.78, 5) is 35.3. The number of carbonyl (C=O) groups is 1. The second-order valence-electron chi connectivity index (χ2n) is 6.79. The Balaban J connectivity index is 1.86. The summed E-state index contributed by atoms with van der Waals surface area (Å²) in [6.07, 6.45) is 0. The number of nitrogens with one attached hydrogen (secondary N) is 1. The molecular formula is C21H20N4O4. The van der Waals surface area contributed by atoms with Crippen molar-refractivity contribution in [2.75, 3.05) is 5.32 Å². The van der Waals surface area contributed by atoms with Crippen molar-refractivity contribution in [3.8, 4) is 11.3 Å². The highest BCUT2D eigenvalue weighted by Crippen LogP contribution is 2.22. The molecule has 1 N–H and O–H groups in total. The Morgan fingerprint density at radius 2 is 1.79 bits per heavy atom. The molecule has 148 valence electrons. The lowest BCUT2D eigenvalue weighted by Gasteiger charge is -2.16. The van der Waals surface area contributed by atoms with Gasteiger partial charge < -0.3 is 5.32 Å². The molecule has 0 radical (unpaired) electrons. The number of hydrogen-bond acceptors (Lipinski definition) is 5. The standard InChI is InChI=1S/C21H20N4O4/c1-13-4-6-16(7-5-13)19-10-11-20(26)24(23-19)15(3)21(27)22-18-9-8-17(25(28)29)12-14(18)2/h4-12,15H,1-3H3,(H,22,27). The summed E-state index contributed by atoms with van der Waals surface area (Å²) in [5.74, 6) is -0.447. The maximum absolute atomic E-state index is 12.7. The third kappa shape index (κ3) is 4.37. The van der Waals surface area contributed by atoms with E-state index in [0.29, 0.717) is 16.9 Å². The quantitative estimate of drug-likeness (QED) is 0.527. The highest BCUT2D eigenvalue weighted by molar-refractivity contribution is 5.94. The van der Waals surface area contributed by atoms with Crippen molar-refractivity contribution in [3.05, 3.63) is 86.2 Å². The normalized spacial score (nSPS) is 11.7. The summed E-state index contributed by atoms with van der Waals surface area (Å²) in [5, 5.41) is 17.9. The summed E-state index contributed by atoms with van der Waals surface area (Å²) >= 11 is 0. The van der Waals surface area contributed by atoms with Gasteiger partial charge in [0.05, 0.1) is 10.6 Å². The Hall–Kier alpha value is -3.81. The number of non-ortho nitro benzene ring substituents is 1. The number of nitro groups is 1. The highest BCUT2D eigenvalue weighted by Gasteiger charge is 2.19. The van der Waals surface area contributed by atoms with E-state index in [1.165, 1.54) is 24.3 Å². The topological polar surface area (TPSA) is 107 Å². The Kier molecular flexibility index (Phi) is 5.54. The van der Waals surface area contributed by atoms with E-state index in [4.69, 9.17) is 0 Å². The lowest BCUT2D eigenvalue weighted by Crippen LogP contribution is -2.33. The lowest BCUT2D eigenvalue weighted by molar-refractivity contribution is -0.384. The van der Waals surface area contributed by atoms with E-state index in [2.05, 4.69) is 10.4 Å². The fourth-order valence-corrected chi connectivity index (χ4v) is 2.83. The van der Waals surface area contributed by atoms with Crippen LogP contribution in [-0.2, 0) is 4.79 Å². The van der Waals surface area contributed by atoms with Crippen molar-refractivity contribution in [1.82, 2.24) is 9.78 Å². The summed E-state index contributed by atoms with van der Waals surface area (Å²) in [6, 6.07) is 14.0. The zero-order valence-corrected chi connectivity index (χ0v) is 16.2. The molecule has 0 aliphatic carbocycles. The van der Waals surface area contributed by atoms with Gasteiger partial charge in [-0.2, -0.15) is 5.10 Å². The Morgan fingerprint density at radius 1 is 1.10 bits per heavy atom. The largest absolute Gasteiger partial charge is 0.324 e. The number of anilines is 1. The molecule has 3 rings (SSSR count). The van der Waals surface area contributed by atoms with Crippen LogP contribution in [0.1, 0.15) is 24.1 Å². The van der Waals surface area contributed by atoms with Gasteiger partial charge in [0.1, 0.15) is 6.04 Å². The highest BCUT2D eigenvalue weighted by atomic mass is 16.6. The van der Waals surface area contributed by atoms with Gasteiger partial charge in [-0.15, -0.1) is 0 Å². The Bertz CT molecular complexity index is 1140. The third-order valence-corrected chi connectivity index (χ3v) is 4.60. The lowest BCUT2D eigenvalue weighted by atomic mass is 10.1. The second kappa shape index (κ2) is 8.05. The van der Waals surface area contributed by atoms with Gasteiger partial charge in [-0.3, -0.25) is 19.7 Å². The van der Waals surface area contributed by atoms with Crippen molar-refractivity contribution in [2.45, 2.75) is 26.8 Å². The van der Waals surface area contributed by atoms with Crippen LogP contribution in [0, 0.1) is 24.0 Å². The monoisotopic (exact) mass is 392 g/mol. The van der Waals surface area contributed by atoms with Crippen LogP contribution in [0.4, 0.5) is 11.4 Å². The minimum Gasteiger partial charge on any atom is -0.324 e. The molecule has 1 unspecified atom stereocenters. The summed E-state index contributed by atoms with van der Waals surface area (Å²) in [6.45, 7) is 5.21. The molecule has 0 bridgehead atoms. The first kappa shape index (κ1) is 19.9. The van der Waals surface area contributed by atoms with Crippen LogP contribution < -0.4 is 10.9 Å². The number of rotatable bonds is 5. The summed E-state index contributed by atoms with van der Waals surface area (Å²) in [7, 11) is 0. The molecule has 8 nitrogen and oxygen atoms in total. The van der Waals surface area contributed by atoms with Crippen molar-refractivity contribution in [1.29, 1.82) is 0 Å². The van der Waals surface area contributed by atoms with Gasteiger partial charge in [0.25, 0.3) is 11.2 Å². The fourth-order valence-electron chi connectivity index (χ4n) is 2.83. The van der Waals surface area contributed by atoms with Gasteiger partial charge in [-0.1, -0.05) is 29.8 Å². The zero-order valence-electron chi connectivity index (χ0n) is 16.2. The molecule has 0 saturated carbocycles. The number of benzene rings is 2. The number of aryl methyl sites for hydroxylation is 2. The molecule has 0 aliphatic rings. The van der Waals surface area contributed by atoms with E-state index in [-0.39, 0.29) is 5.69 Å². The molecule has 1 atom stereocenters. The molecule has 0 spiro atoms. The Labute approximate surface area is 167 Å². The smallest absolute Gasteiger partial charge is 0.269 e. The Morgan fingerprint density at radius 3 is 2.41 bits per heavy atom. The summed E-state index contributed by atoms with van der Waals surface area (Å²) < 4.78 is 1.13. The predicted molar refractivity (Wildman–Crippen MR) is 110 cm³/mol. The fraction of sp³-hybridized carbons (Fsp3) is 0.190. The van der Waals surface area contributed by atoms with Gasteiger partial charge in [-0.25, -0.2) is 4.68 Å². The van der Waals surface area contributed by atoms with Gasteiger partial charge in [0.2, 0.25) is 5.91 Å². The molecule has 1 aromatic heterocycles. The first-order valence-corrected chi connectivity index (χ1v) is 8.99. The van der Waals surface area contributed by atoms with Crippen molar-refractivity contribution < 1.29 is 9.72 Å². The van der Waals surface area contributed by atoms with Gasteiger partial charge in [0, 0.05) is 29.4 Å². The molecule has 8 heteroatoms. The maximum Gasteiger partial charge on any atom is 0.269 e. The molecular weight excluding hydrogens is 372 g/mol. The minimum atomic E-state index is -0.873. The van der Waals surface area contributed by atoms with E-state index < -0.39 is 22.4 Å². The average Bonchev–Trinajstić information content (AvgIpc) is 2.70. The first-order valence-electron chi connectivity index (χ1n) is 8.99. The molecule has 2 aromatic carbocycles. The van der Waals surface area contributed by atoms with Crippen LogP contribution in [0.25, 0.3) is 11.3 Å². The number of carbonyl (C=O) groups excluding carboxylic acids is 1. The van der Waals surface area contributed by atoms with Gasteiger partial charge in [-0.05, 0) is 38.5 Å². The van der Waals surface area contributed by atoms with Gasteiger partial charge in [0.15, 0.2) is 0 Å². The van der Waals surface area contributed by atoms with Crippen LogP contribution in [0.15, 0.2) is 59.4 Å². The van der Waals surface area contributed by atoms with Gasteiger partial charge >= 0.3 is 0 Å². The number of aromatic nitrogens is 2. The third-order valence-electron chi connectivity index (χ3n) is 4.60. The molecule has 3 aromatic rings. The van der Waals surface area contributed by atoms with E-state index in [9.17, 15) is 19.7 Å². The maximum atomic E-state index is 12.7. The molecule has 0 aliphatic heterocycles. The number of hydrogen-bond donors (Lipinski definition) is 1. The zero-order chi connectivity index (χ0) is 21.1. The molecule has 1 amide bonds. The SMILES string of the molecule is Cc1ccc(-c2ccc(=O)n(C(C)C(=O)Nc3ccc([N+](=O)[O-])cc3C)n2)cc1. The number of amides is 1.